The van der Waals surface area contributed by atoms with Crippen LogP contribution in [0.5, 0.6) is 0 Å². The summed E-state index contributed by atoms with van der Waals surface area (Å²) in [4.78, 5) is 0. The molecule has 0 spiro atoms. The fourth-order valence-corrected chi connectivity index (χ4v) is 3.24. The van der Waals surface area contributed by atoms with E-state index in [1.165, 1.54) is 0 Å². The third-order valence-corrected chi connectivity index (χ3v) is 4.88. The zero-order valence-electron chi connectivity index (χ0n) is 11.6. The van der Waals surface area contributed by atoms with Crippen molar-refractivity contribution < 1.29 is 8.42 Å². The molecule has 104 valence electrons. The lowest BCUT2D eigenvalue weighted by molar-refractivity contribution is 0.582. The number of nitrogens with two attached hydrogens (primary N) is 1. The summed E-state index contributed by atoms with van der Waals surface area (Å²) in [5.41, 5.74) is 8.34. The molecule has 0 saturated carbocycles. The van der Waals surface area contributed by atoms with Gasteiger partial charge >= 0.3 is 0 Å². The maximum atomic E-state index is 11.8. The van der Waals surface area contributed by atoms with Crippen LogP contribution in [0.1, 0.15) is 32.5 Å². The van der Waals surface area contributed by atoms with Crippen molar-refractivity contribution in [2.45, 2.75) is 32.6 Å². The highest BCUT2D eigenvalue weighted by Crippen LogP contribution is 2.27. The van der Waals surface area contributed by atoms with Crippen molar-refractivity contribution in [1.29, 1.82) is 0 Å². The molecule has 4 nitrogen and oxygen atoms in total. The average Bonchev–Trinajstić information content (AvgIpc) is 2.65. The number of rotatable bonds is 4. The van der Waals surface area contributed by atoms with Gasteiger partial charge in [-0.05, 0) is 38.1 Å². The van der Waals surface area contributed by atoms with Gasteiger partial charge in [0.1, 0.15) is 0 Å². The van der Waals surface area contributed by atoms with Crippen LogP contribution >= 0.6 is 0 Å². The van der Waals surface area contributed by atoms with Crippen LogP contribution in [0.15, 0.2) is 24.3 Å². The van der Waals surface area contributed by atoms with E-state index in [1.807, 2.05) is 24.3 Å². The Morgan fingerprint density at radius 1 is 1.26 bits per heavy atom. The van der Waals surface area contributed by atoms with E-state index in [9.17, 15) is 8.42 Å². The molecule has 0 aliphatic heterocycles. The van der Waals surface area contributed by atoms with Gasteiger partial charge in [-0.3, -0.25) is 0 Å². The van der Waals surface area contributed by atoms with Crippen LogP contribution in [0.25, 0.3) is 10.9 Å². The normalized spacial score (nSPS) is 12.4. The molecule has 0 saturated heterocycles. The molecule has 1 heterocycles. The molecule has 0 fully saturated rings. The van der Waals surface area contributed by atoms with Gasteiger partial charge in [-0.25, -0.2) is 8.42 Å². The molecule has 0 aliphatic carbocycles. The number of hydrogen-bond acceptors (Lipinski definition) is 3. The smallest absolute Gasteiger partial charge is 0.155 e. The van der Waals surface area contributed by atoms with Crippen LogP contribution in [0, 0.1) is 0 Å². The molecule has 2 N–H and O–H groups in total. The molecule has 19 heavy (non-hydrogen) atoms. The lowest BCUT2D eigenvalue weighted by Crippen LogP contribution is -2.12. The van der Waals surface area contributed by atoms with Crippen molar-refractivity contribution in [3.05, 3.63) is 30.0 Å². The minimum absolute atomic E-state index is 0.0796. The van der Waals surface area contributed by atoms with Crippen LogP contribution in [0.3, 0.4) is 0 Å². The number of nitrogens with zero attached hydrogens (tertiary/aromatic N) is 1. The Morgan fingerprint density at radius 2 is 1.95 bits per heavy atom. The fraction of sp³-hybridized carbons (Fsp3) is 0.429. The van der Waals surface area contributed by atoms with E-state index in [1.54, 1.807) is 6.92 Å². The molecular formula is C14H20N2O2S. The van der Waals surface area contributed by atoms with Crippen molar-refractivity contribution in [3.63, 3.8) is 0 Å². The molecule has 5 heteroatoms. The quantitative estimate of drug-likeness (QED) is 0.876. The zero-order valence-corrected chi connectivity index (χ0v) is 12.4. The minimum Gasteiger partial charge on any atom is -0.399 e. The van der Waals surface area contributed by atoms with E-state index < -0.39 is 9.84 Å². The Hall–Kier alpha value is -1.49. The number of benzene rings is 1. The van der Waals surface area contributed by atoms with E-state index in [0.29, 0.717) is 5.69 Å². The number of nitrogen functional groups attached to an aromatic ring is 1. The van der Waals surface area contributed by atoms with Crippen molar-refractivity contribution in [1.82, 2.24) is 4.57 Å². The van der Waals surface area contributed by atoms with E-state index >= 15 is 0 Å². The van der Waals surface area contributed by atoms with Gasteiger partial charge in [0.2, 0.25) is 0 Å². The van der Waals surface area contributed by atoms with Crippen LogP contribution in [-0.4, -0.2) is 18.7 Å². The molecule has 0 aliphatic rings. The summed E-state index contributed by atoms with van der Waals surface area (Å²) in [7, 11) is -3.04. The van der Waals surface area contributed by atoms with Gasteiger partial charge in [-0.15, -0.1) is 0 Å². The van der Waals surface area contributed by atoms with Gasteiger partial charge in [-0.2, -0.15) is 0 Å². The Morgan fingerprint density at radius 3 is 2.53 bits per heavy atom. The van der Waals surface area contributed by atoms with E-state index in [-0.39, 0.29) is 17.5 Å². The van der Waals surface area contributed by atoms with Gasteiger partial charge in [-0.1, -0.05) is 6.92 Å². The number of hydrogen-bond donors (Lipinski definition) is 1. The Labute approximate surface area is 114 Å². The van der Waals surface area contributed by atoms with Crippen molar-refractivity contribution >= 4 is 26.4 Å². The van der Waals surface area contributed by atoms with Gasteiger partial charge in [0.25, 0.3) is 0 Å². The first-order chi connectivity index (χ1) is 8.84. The van der Waals surface area contributed by atoms with Crippen molar-refractivity contribution in [2.24, 2.45) is 0 Å². The molecule has 2 rings (SSSR count). The molecule has 0 radical (unpaired) electrons. The highest BCUT2D eigenvalue weighted by Gasteiger charge is 2.17. The second-order valence-corrected chi connectivity index (χ2v) is 7.45. The minimum atomic E-state index is -3.04. The topological polar surface area (TPSA) is 65.1 Å². The average molecular weight is 280 g/mol. The summed E-state index contributed by atoms with van der Waals surface area (Å²) in [5, 5.41) is 0.995. The first-order valence-electron chi connectivity index (χ1n) is 6.44. The van der Waals surface area contributed by atoms with Gasteiger partial charge in [0.05, 0.1) is 5.75 Å². The van der Waals surface area contributed by atoms with Crippen LogP contribution < -0.4 is 5.73 Å². The number of fused-ring (bicyclic) bond motifs is 1. The lowest BCUT2D eigenvalue weighted by atomic mass is 10.2. The molecule has 2 aromatic rings. The van der Waals surface area contributed by atoms with Crippen molar-refractivity contribution in [2.75, 3.05) is 11.5 Å². The van der Waals surface area contributed by atoms with Crippen LogP contribution in [0.2, 0.25) is 0 Å². The Bertz CT molecular complexity index is 700. The molecule has 0 amide bonds. The fourth-order valence-electron chi connectivity index (χ4n) is 2.36. The maximum Gasteiger partial charge on any atom is 0.155 e. The Kier molecular flexibility index (Phi) is 3.58. The van der Waals surface area contributed by atoms with Gasteiger partial charge in [0, 0.05) is 34.1 Å². The molecule has 0 unspecified atom stereocenters. The largest absolute Gasteiger partial charge is 0.399 e. The maximum absolute atomic E-state index is 11.8. The molecule has 1 aromatic heterocycles. The Balaban J connectivity index is 2.63. The molecule has 0 bridgehead atoms. The first kappa shape index (κ1) is 13.9. The highest BCUT2D eigenvalue weighted by molar-refractivity contribution is 7.90. The van der Waals surface area contributed by atoms with Crippen LogP contribution in [-0.2, 0) is 15.6 Å². The summed E-state index contributed by atoms with van der Waals surface area (Å²) in [6.45, 7) is 5.78. The molecule has 0 atom stereocenters. The number of aromatic nitrogens is 1. The summed E-state index contributed by atoms with van der Waals surface area (Å²) in [5.74, 6) is 0.241. The van der Waals surface area contributed by atoms with Crippen molar-refractivity contribution in [3.8, 4) is 0 Å². The monoisotopic (exact) mass is 280 g/mol. The van der Waals surface area contributed by atoms with Gasteiger partial charge < -0.3 is 10.3 Å². The number of sulfone groups is 1. The second-order valence-electron chi connectivity index (χ2n) is 5.09. The SMILES string of the molecule is CCS(=O)(=O)Cc1cc2cc(N)ccc2n1C(C)C. The predicted molar refractivity (Wildman–Crippen MR) is 79.9 cm³/mol. The summed E-state index contributed by atoms with van der Waals surface area (Å²) < 4.78 is 25.8. The summed E-state index contributed by atoms with van der Waals surface area (Å²) in [6.07, 6.45) is 0. The third kappa shape index (κ3) is 2.76. The highest BCUT2D eigenvalue weighted by atomic mass is 32.2. The zero-order chi connectivity index (χ0) is 14.2. The number of anilines is 1. The second kappa shape index (κ2) is 4.89. The lowest BCUT2D eigenvalue weighted by Gasteiger charge is -2.14. The van der Waals surface area contributed by atoms with E-state index in [0.717, 1.165) is 16.6 Å². The third-order valence-electron chi connectivity index (χ3n) is 3.27. The van der Waals surface area contributed by atoms with Crippen LogP contribution in [0.4, 0.5) is 5.69 Å². The van der Waals surface area contributed by atoms with Gasteiger partial charge in [0.15, 0.2) is 9.84 Å². The van der Waals surface area contributed by atoms with E-state index in [4.69, 9.17) is 5.73 Å². The predicted octanol–water partition coefficient (Wildman–Crippen LogP) is 2.74. The summed E-state index contributed by atoms with van der Waals surface area (Å²) >= 11 is 0. The first-order valence-corrected chi connectivity index (χ1v) is 8.26. The molecular weight excluding hydrogens is 260 g/mol. The standard InChI is InChI=1S/C14H20N2O2S/c1-4-19(17,18)9-13-8-11-7-12(15)5-6-14(11)16(13)10(2)3/h5-8,10H,4,9,15H2,1-3H3. The molecule has 1 aromatic carbocycles. The van der Waals surface area contributed by atoms with E-state index in [2.05, 4.69) is 18.4 Å². The summed E-state index contributed by atoms with van der Waals surface area (Å²) in [6, 6.07) is 7.82.